The average Bonchev–Trinajstić information content (AvgIpc) is 2.59. The Morgan fingerprint density at radius 1 is 1.50 bits per heavy atom. The lowest BCUT2D eigenvalue weighted by Crippen LogP contribution is -2.33. The molecular weight excluding hydrogens is 253 g/mol. The number of β-amino-alcohol motifs (C(OH)–C–C–N with tert-alkyl or cyclic N) is 1. The van der Waals surface area contributed by atoms with Gasteiger partial charge in [0, 0.05) is 30.2 Å². The van der Waals surface area contributed by atoms with Crippen LogP contribution in [0.3, 0.4) is 0 Å². The van der Waals surface area contributed by atoms with E-state index in [9.17, 15) is 9.50 Å². The van der Waals surface area contributed by atoms with E-state index >= 15 is 0 Å². The highest BCUT2D eigenvalue weighted by Crippen LogP contribution is 2.34. The topological polar surface area (TPSA) is 23.5 Å². The third kappa shape index (κ3) is 2.85. The number of hydrogen-bond donors (Lipinski definition) is 1. The highest BCUT2D eigenvalue weighted by Gasteiger charge is 2.39. The number of benzene rings is 1. The molecule has 1 atom stereocenters. The lowest BCUT2D eigenvalue weighted by molar-refractivity contribution is 0.0414. The van der Waals surface area contributed by atoms with Crippen LogP contribution in [0.4, 0.5) is 4.39 Å². The molecule has 0 aromatic heterocycles. The van der Waals surface area contributed by atoms with Gasteiger partial charge in [0.25, 0.3) is 0 Å². The molecule has 1 aromatic rings. The summed E-state index contributed by atoms with van der Waals surface area (Å²) in [5.41, 5.74) is -0.720. The lowest BCUT2D eigenvalue weighted by Gasteiger charge is -2.25. The molecule has 0 aliphatic carbocycles. The van der Waals surface area contributed by atoms with Crippen molar-refractivity contribution in [3.8, 4) is 0 Å². The number of likely N-dealkylation sites (tertiary alicyclic amines) is 1. The van der Waals surface area contributed by atoms with E-state index in [1.807, 2.05) is 0 Å². The molecule has 1 heterocycles. The number of halogens is 2. The minimum Gasteiger partial charge on any atom is -0.384 e. The second-order valence-electron chi connectivity index (χ2n) is 5.53. The van der Waals surface area contributed by atoms with Gasteiger partial charge in [0.1, 0.15) is 11.4 Å². The molecule has 1 fully saturated rings. The van der Waals surface area contributed by atoms with Gasteiger partial charge in [-0.1, -0.05) is 31.5 Å². The summed E-state index contributed by atoms with van der Waals surface area (Å²) < 4.78 is 13.9. The monoisotopic (exact) mass is 271 g/mol. The molecule has 2 rings (SSSR count). The first-order valence-corrected chi connectivity index (χ1v) is 6.69. The molecule has 18 heavy (non-hydrogen) atoms. The van der Waals surface area contributed by atoms with E-state index in [1.165, 1.54) is 6.07 Å². The summed E-state index contributed by atoms with van der Waals surface area (Å²) >= 11 is 5.73. The van der Waals surface area contributed by atoms with Crippen LogP contribution in [0.1, 0.15) is 25.8 Å². The maximum atomic E-state index is 13.9. The molecule has 0 saturated carbocycles. The van der Waals surface area contributed by atoms with Crippen molar-refractivity contribution < 1.29 is 9.50 Å². The zero-order valence-electron chi connectivity index (χ0n) is 10.8. The Balaban J connectivity index is 2.17. The standard InChI is InChI=1S/C14H19ClFNO/c1-10(2)8-17-6-5-14(18,9-17)12-4-3-11(15)7-13(12)16/h3-4,7,10,18H,5-6,8-9H2,1-2H3. The van der Waals surface area contributed by atoms with Crippen molar-refractivity contribution in [1.82, 2.24) is 4.90 Å². The van der Waals surface area contributed by atoms with Crippen LogP contribution in [0, 0.1) is 11.7 Å². The van der Waals surface area contributed by atoms with E-state index in [1.54, 1.807) is 12.1 Å². The molecule has 1 aliphatic rings. The molecule has 1 N–H and O–H groups in total. The smallest absolute Gasteiger partial charge is 0.130 e. The molecular formula is C14H19ClFNO. The molecule has 1 saturated heterocycles. The maximum Gasteiger partial charge on any atom is 0.130 e. The molecule has 2 nitrogen and oxygen atoms in total. The molecule has 1 aliphatic heterocycles. The van der Waals surface area contributed by atoms with Gasteiger partial charge in [0.15, 0.2) is 0 Å². The summed E-state index contributed by atoms with van der Waals surface area (Å²) in [6.45, 7) is 6.50. The summed E-state index contributed by atoms with van der Waals surface area (Å²) in [4.78, 5) is 2.18. The summed E-state index contributed by atoms with van der Waals surface area (Å²) in [6, 6.07) is 4.49. The lowest BCUT2D eigenvalue weighted by atomic mass is 9.92. The van der Waals surface area contributed by atoms with Crippen LogP contribution in [0.25, 0.3) is 0 Å². The van der Waals surface area contributed by atoms with E-state index in [0.717, 1.165) is 13.1 Å². The van der Waals surface area contributed by atoms with Gasteiger partial charge in [0.2, 0.25) is 0 Å². The van der Waals surface area contributed by atoms with Crippen molar-refractivity contribution in [1.29, 1.82) is 0 Å². The van der Waals surface area contributed by atoms with Crippen LogP contribution in [-0.2, 0) is 5.60 Å². The summed E-state index contributed by atoms with van der Waals surface area (Å²) in [6.07, 6.45) is 0.568. The zero-order chi connectivity index (χ0) is 13.3. The fraction of sp³-hybridized carbons (Fsp3) is 0.571. The van der Waals surface area contributed by atoms with Gasteiger partial charge >= 0.3 is 0 Å². The van der Waals surface area contributed by atoms with Gasteiger partial charge in [-0.2, -0.15) is 0 Å². The summed E-state index contributed by atoms with van der Waals surface area (Å²) in [5.74, 6) is 0.124. The Morgan fingerprint density at radius 2 is 2.22 bits per heavy atom. The summed E-state index contributed by atoms with van der Waals surface area (Å²) in [7, 11) is 0. The van der Waals surface area contributed by atoms with Crippen LogP contribution >= 0.6 is 11.6 Å². The van der Waals surface area contributed by atoms with Crippen LogP contribution < -0.4 is 0 Å². The molecule has 0 spiro atoms. The predicted molar refractivity (Wildman–Crippen MR) is 71.2 cm³/mol. The van der Waals surface area contributed by atoms with E-state index in [-0.39, 0.29) is 0 Å². The molecule has 0 radical (unpaired) electrons. The second kappa shape index (κ2) is 5.16. The Hall–Kier alpha value is -0.640. The summed E-state index contributed by atoms with van der Waals surface area (Å²) in [5, 5.41) is 11.0. The van der Waals surface area contributed by atoms with Crippen LogP contribution in [0.2, 0.25) is 5.02 Å². The quantitative estimate of drug-likeness (QED) is 0.913. The predicted octanol–water partition coefficient (Wildman–Crippen LogP) is 3.03. The minimum atomic E-state index is -1.08. The molecule has 1 aromatic carbocycles. The van der Waals surface area contributed by atoms with Crippen molar-refractivity contribution in [3.05, 3.63) is 34.6 Å². The maximum absolute atomic E-state index is 13.9. The third-order valence-corrected chi connectivity index (χ3v) is 3.62. The van der Waals surface area contributed by atoms with Gasteiger partial charge in [-0.15, -0.1) is 0 Å². The van der Waals surface area contributed by atoms with Gasteiger partial charge in [-0.25, -0.2) is 4.39 Å². The highest BCUT2D eigenvalue weighted by molar-refractivity contribution is 6.30. The van der Waals surface area contributed by atoms with Crippen LogP contribution in [-0.4, -0.2) is 29.6 Å². The van der Waals surface area contributed by atoms with Gasteiger partial charge in [0.05, 0.1) is 0 Å². The highest BCUT2D eigenvalue weighted by atomic mass is 35.5. The van der Waals surface area contributed by atoms with Crippen molar-refractivity contribution in [2.24, 2.45) is 5.92 Å². The molecule has 100 valence electrons. The molecule has 0 bridgehead atoms. The number of rotatable bonds is 3. The second-order valence-corrected chi connectivity index (χ2v) is 5.97. The fourth-order valence-corrected chi connectivity index (χ4v) is 2.79. The van der Waals surface area contributed by atoms with Crippen molar-refractivity contribution >= 4 is 11.6 Å². The Morgan fingerprint density at radius 3 is 2.83 bits per heavy atom. The third-order valence-electron chi connectivity index (χ3n) is 3.38. The van der Waals surface area contributed by atoms with Gasteiger partial charge < -0.3 is 5.11 Å². The normalized spacial score (nSPS) is 25.0. The Labute approximate surface area is 112 Å². The van der Waals surface area contributed by atoms with Crippen molar-refractivity contribution in [3.63, 3.8) is 0 Å². The number of nitrogens with zero attached hydrogens (tertiary/aromatic N) is 1. The van der Waals surface area contributed by atoms with Gasteiger partial charge in [-0.05, 0) is 24.5 Å². The Bertz CT molecular complexity index is 438. The van der Waals surface area contributed by atoms with Gasteiger partial charge in [-0.3, -0.25) is 4.90 Å². The average molecular weight is 272 g/mol. The van der Waals surface area contributed by atoms with E-state index in [4.69, 9.17) is 11.6 Å². The first kappa shape index (κ1) is 13.8. The van der Waals surface area contributed by atoms with Crippen LogP contribution in [0.15, 0.2) is 18.2 Å². The fourth-order valence-electron chi connectivity index (χ4n) is 2.63. The largest absolute Gasteiger partial charge is 0.384 e. The molecule has 0 amide bonds. The number of aliphatic hydroxyl groups is 1. The minimum absolute atomic E-state index is 0.358. The van der Waals surface area contributed by atoms with Crippen molar-refractivity contribution in [2.45, 2.75) is 25.9 Å². The SMILES string of the molecule is CC(C)CN1CCC(O)(c2ccc(Cl)cc2F)C1. The van der Waals surface area contributed by atoms with E-state index < -0.39 is 11.4 Å². The number of hydrogen-bond acceptors (Lipinski definition) is 2. The van der Waals surface area contributed by atoms with E-state index in [0.29, 0.717) is 29.5 Å². The first-order chi connectivity index (χ1) is 8.40. The van der Waals surface area contributed by atoms with Crippen molar-refractivity contribution in [2.75, 3.05) is 19.6 Å². The van der Waals surface area contributed by atoms with E-state index in [2.05, 4.69) is 18.7 Å². The molecule has 4 heteroatoms. The van der Waals surface area contributed by atoms with Crippen LogP contribution in [0.5, 0.6) is 0 Å². The zero-order valence-corrected chi connectivity index (χ0v) is 11.5. The Kier molecular flexibility index (Phi) is 3.95. The molecule has 1 unspecified atom stereocenters. The first-order valence-electron chi connectivity index (χ1n) is 6.31.